The quantitative estimate of drug-likeness (QED) is 0.313. The van der Waals surface area contributed by atoms with E-state index < -0.39 is 5.97 Å². The van der Waals surface area contributed by atoms with Gasteiger partial charge < -0.3 is 29.5 Å². The van der Waals surface area contributed by atoms with Gasteiger partial charge in [0.25, 0.3) is 0 Å². The van der Waals surface area contributed by atoms with E-state index in [-0.39, 0.29) is 27.9 Å². The van der Waals surface area contributed by atoms with Gasteiger partial charge in [-0.3, -0.25) is 0 Å². The molecule has 23 heavy (non-hydrogen) atoms. The Kier molecular flexibility index (Phi) is 32.9. The Morgan fingerprint density at radius 1 is 0.957 bits per heavy atom. The van der Waals surface area contributed by atoms with Gasteiger partial charge in [0.1, 0.15) is 0 Å². The molecule has 0 aliphatic rings. The van der Waals surface area contributed by atoms with Gasteiger partial charge in [0.15, 0.2) is 0 Å². The summed E-state index contributed by atoms with van der Waals surface area (Å²) < 4.78 is 15.0. The largest absolute Gasteiger partial charge is 0.394 e. The zero-order chi connectivity index (χ0) is 18.2. The number of aliphatic hydroxyl groups excluding tert-OH is 2. The monoisotopic (exact) mass is 377 g/mol. The molecule has 0 unspecified atom stereocenters. The maximum atomic E-state index is 9.25. The average molecular weight is 377 g/mol. The molecule has 0 amide bonds. The van der Waals surface area contributed by atoms with Crippen molar-refractivity contribution in [1.29, 1.82) is 10.5 Å². The van der Waals surface area contributed by atoms with Crippen LogP contribution in [0.2, 0.25) is 0 Å². The van der Waals surface area contributed by atoms with Gasteiger partial charge in [-0.05, 0) is 0 Å². The first-order valence-electron chi connectivity index (χ1n) is 6.27. The van der Waals surface area contributed by atoms with Crippen LogP contribution in [0.15, 0.2) is 12.7 Å². The second kappa shape index (κ2) is 28.6. The number of nitrogens with zero attached hydrogens (tertiary/aromatic N) is 2. The molecule has 9 nitrogen and oxygen atoms in total. The third-order valence-electron chi connectivity index (χ3n) is 1.46. The Hall–Kier alpha value is -1.50. The maximum Gasteiger partial charge on any atom is 0.0701 e. The number of hydrogen-bond acceptors (Lipinski definition) is 8. The van der Waals surface area contributed by atoms with E-state index in [2.05, 4.69) is 6.58 Å². The van der Waals surface area contributed by atoms with Gasteiger partial charge in [0, 0.05) is 6.08 Å². The van der Waals surface area contributed by atoms with Gasteiger partial charge >= 0.3 is 41.2 Å². The van der Waals surface area contributed by atoms with Crippen LogP contribution in [0.5, 0.6) is 0 Å². The molecule has 3 N–H and O–H groups in total. The molecule has 0 radical (unpaired) electrons. The average Bonchev–Trinajstić information content (AvgIpc) is 2.55. The molecule has 10 heteroatoms. The van der Waals surface area contributed by atoms with Crippen molar-refractivity contribution in [3.8, 4) is 10.0 Å². The molecular weight excluding hydrogens is 355 g/mol. The number of carboxylic acids is 1. The van der Waals surface area contributed by atoms with E-state index in [1.807, 2.05) is 0 Å². The Labute approximate surface area is 141 Å². The normalized spacial score (nSPS) is 8.52. The van der Waals surface area contributed by atoms with Crippen LogP contribution < -0.4 is 0 Å². The number of aliphatic carboxylic acids is 1. The van der Waals surface area contributed by atoms with Gasteiger partial charge in [-0.25, -0.2) is 4.79 Å². The predicted molar refractivity (Wildman–Crippen MR) is 75.7 cm³/mol. The fraction of sp³-hybridized carbons (Fsp3) is 0.615. The van der Waals surface area contributed by atoms with Crippen molar-refractivity contribution >= 4 is 5.97 Å². The number of hydrogen-bond donors (Lipinski definition) is 3. The maximum absolute atomic E-state index is 9.25. The smallest absolute Gasteiger partial charge is 0.0701 e. The second-order valence-electron chi connectivity index (χ2n) is 3.06. The van der Waals surface area contributed by atoms with E-state index >= 15 is 0 Å². The van der Waals surface area contributed by atoms with E-state index in [0.717, 1.165) is 6.08 Å². The first kappa shape index (κ1) is 26.4. The Balaban J connectivity index is -0.000000329. The molecule has 135 valence electrons. The molecule has 0 saturated carbocycles. The molecule has 0 spiro atoms. The molecule has 0 bridgehead atoms. The number of ether oxygens (including phenoxy) is 3. The molecule has 0 aliphatic carbocycles. The van der Waals surface area contributed by atoms with E-state index in [1.54, 1.807) is 10.0 Å². The van der Waals surface area contributed by atoms with Crippen LogP contribution in [0.25, 0.3) is 0 Å². The summed E-state index contributed by atoms with van der Waals surface area (Å²) in [6, 6.07) is 0. The molecule has 0 aromatic carbocycles. The van der Waals surface area contributed by atoms with Crippen molar-refractivity contribution in [2.45, 2.75) is 0 Å². The molecule has 0 aliphatic heterocycles. The Morgan fingerprint density at radius 3 is 1.43 bits per heavy atom. The molecule has 0 rings (SSSR count). The van der Waals surface area contributed by atoms with Crippen LogP contribution >= 0.6 is 0 Å². The van der Waals surface area contributed by atoms with E-state index in [4.69, 9.17) is 40.1 Å². The van der Waals surface area contributed by atoms with Crippen molar-refractivity contribution in [3.05, 3.63) is 12.7 Å². The number of rotatable bonds is 11. The first-order chi connectivity index (χ1) is 11.1. The van der Waals surface area contributed by atoms with Gasteiger partial charge in [-0.15, -0.1) is 0 Å². The summed E-state index contributed by atoms with van der Waals surface area (Å²) in [5, 5.41) is 42.7. The number of carbonyl (C=O) groups is 1. The summed E-state index contributed by atoms with van der Waals surface area (Å²) in [7, 11) is 0. The number of carboxylic acid groups (broad SMARTS) is 1. The van der Waals surface area contributed by atoms with Crippen molar-refractivity contribution in [1.82, 2.24) is 0 Å². The molecule has 0 aromatic rings. The summed E-state index contributed by atoms with van der Waals surface area (Å²) in [5.74, 6) is -0.981. The van der Waals surface area contributed by atoms with E-state index in [9.17, 15) is 4.79 Å². The molecule has 0 fully saturated rings. The molecule has 0 saturated heterocycles. The van der Waals surface area contributed by atoms with Crippen molar-refractivity contribution in [3.63, 3.8) is 0 Å². The summed E-state index contributed by atoms with van der Waals surface area (Å²) in [6.07, 6.45) is 0.833. The summed E-state index contributed by atoms with van der Waals surface area (Å²) in [4.78, 5) is 9.25. The summed E-state index contributed by atoms with van der Waals surface area (Å²) in [5.41, 5.74) is 0. The van der Waals surface area contributed by atoms with Crippen LogP contribution in [0.3, 0.4) is 0 Å². The minimum Gasteiger partial charge on any atom is -0.394 e. The number of nitriles is 2. The van der Waals surface area contributed by atoms with Crippen LogP contribution in [0.1, 0.15) is 0 Å². The fourth-order valence-corrected chi connectivity index (χ4v) is 0.740. The van der Waals surface area contributed by atoms with Crippen molar-refractivity contribution in [2.24, 2.45) is 0 Å². The summed E-state index contributed by atoms with van der Waals surface area (Å²) >= 11 is 0.215. The zero-order valence-corrected chi connectivity index (χ0v) is 13.7. The standard InChI is InChI=1S/C8H18O5.C3H4O2.2CN.Co/c9-1-3-11-5-7-13-8-6-12-4-2-10;1-2-3(4)5;2*1-2;/h9-10H,1-8H2;2H,1H2,(H,4,5);;;. The van der Waals surface area contributed by atoms with Crippen LogP contribution in [-0.4, -0.2) is 74.1 Å². The predicted octanol–water partition coefficient (Wildman–Crippen LogP) is -0.691. The van der Waals surface area contributed by atoms with Crippen molar-refractivity contribution < 1.29 is 49.0 Å². The molecule has 0 atom stereocenters. The van der Waals surface area contributed by atoms with Gasteiger partial charge in [-0.1, -0.05) is 6.58 Å². The van der Waals surface area contributed by atoms with Gasteiger partial charge in [0.05, 0.1) is 52.9 Å². The Bertz CT molecular complexity index is 320. The molecule has 0 aromatic heterocycles. The summed E-state index contributed by atoms with van der Waals surface area (Å²) in [6.45, 7) is 5.72. The fourth-order valence-electron chi connectivity index (χ4n) is 0.688. The van der Waals surface area contributed by atoms with E-state index in [1.165, 1.54) is 0 Å². The van der Waals surface area contributed by atoms with Gasteiger partial charge in [-0.2, -0.15) is 0 Å². The van der Waals surface area contributed by atoms with Crippen LogP contribution in [0.4, 0.5) is 0 Å². The third-order valence-corrected chi connectivity index (χ3v) is 1.70. The van der Waals surface area contributed by atoms with Crippen LogP contribution in [0, 0.1) is 20.5 Å². The second-order valence-corrected chi connectivity index (χ2v) is 3.78. The zero-order valence-electron chi connectivity index (χ0n) is 12.6. The molecule has 0 heterocycles. The van der Waals surface area contributed by atoms with Gasteiger partial charge in [0.2, 0.25) is 0 Å². The van der Waals surface area contributed by atoms with E-state index in [0.29, 0.717) is 39.6 Å². The minimum atomic E-state index is -0.981. The SMILES string of the molecule is C=CC(=O)O.N#[C][Co][C]#N.OCCOCCOCCOCCO. The molecular formula is C13H22CoN2O7. The first-order valence-corrected chi connectivity index (χ1v) is 7.31. The number of aliphatic hydroxyl groups is 2. The Morgan fingerprint density at radius 2 is 1.26 bits per heavy atom. The topological polar surface area (TPSA) is 153 Å². The van der Waals surface area contributed by atoms with Crippen LogP contribution in [-0.2, 0) is 33.7 Å². The minimum absolute atomic E-state index is 0.0413. The van der Waals surface area contributed by atoms with Crippen molar-refractivity contribution in [2.75, 3.05) is 52.9 Å². The third kappa shape index (κ3) is 44.9.